The number of nitrogens with zero attached hydrogens (tertiary/aromatic N) is 1. The van der Waals surface area contributed by atoms with Crippen molar-refractivity contribution in [1.29, 1.82) is 0 Å². The monoisotopic (exact) mass is 290 g/mol. The van der Waals surface area contributed by atoms with Gasteiger partial charge in [-0.1, -0.05) is 57.0 Å². The van der Waals surface area contributed by atoms with Gasteiger partial charge in [0, 0.05) is 19.0 Å². The molecule has 0 unspecified atom stereocenters. The van der Waals surface area contributed by atoms with Crippen molar-refractivity contribution in [3.05, 3.63) is 35.9 Å². The second kappa shape index (κ2) is 10.4. The first-order chi connectivity index (χ1) is 10.2. The van der Waals surface area contributed by atoms with Gasteiger partial charge in [-0.15, -0.1) is 0 Å². The summed E-state index contributed by atoms with van der Waals surface area (Å²) in [5.74, 6) is 0.470. The van der Waals surface area contributed by atoms with Crippen molar-refractivity contribution in [3.8, 4) is 0 Å². The summed E-state index contributed by atoms with van der Waals surface area (Å²) in [6, 6.07) is 10.2. The number of hydrogen-bond acceptors (Lipinski definition) is 2. The van der Waals surface area contributed by atoms with Crippen LogP contribution in [0.4, 0.5) is 0 Å². The predicted octanol–water partition coefficient (Wildman–Crippen LogP) is 3.58. The first kappa shape index (κ1) is 17.7. The fourth-order valence-corrected chi connectivity index (χ4v) is 2.70. The zero-order valence-electron chi connectivity index (χ0n) is 13.6. The van der Waals surface area contributed by atoms with Crippen molar-refractivity contribution in [2.45, 2.75) is 52.5 Å². The molecule has 0 saturated carbocycles. The summed E-state index contributed by atoms with van der Waals surface area (Å²) in [5, 5.41) is 0. The molecular weight excluding hydrogens is 260 g/mol. The summed E-state index contributed by atoms with van der Waals surface area (Å²) in [4.78, 5) is 14.8. The number of amides is 1. The smallest absolute Gasteiger partial charge is 0.225 e. The maximum Gasteiger partial charge on any atom is 0.225 e. The first-order valence-corrected chi connectivity index (χ1v) is 8.25. The largest absolute Gasteiger partial charge is 0.338 e. The Kier molecular flexibility index (Phi) is 8.76. The van der Waals surface area contributed by atoms with Gasteiger partial charge in [-0.2, -0.15) is 0 Å². The molecule has 0 radical (unpaired) electrons. The molecule has 3 heteroatoms. The molecule has 118 valence electrons. The molecule has 0 saturated heterocycles. The van der Waals surface area contributed by atoms with Gasteiger partial charge in [0.25, 0.3) is 0 Å². The van der Waals surface area contributed by atoms with E-state index in [2.05, 4.69) is 26.0 Å². The average Bonchev–Trinajstić information content (AvgIpc) is 2.51. The third kappa shape index (κ3) is 6.30. The molecular formula is C18H30N2O. The maximum atomic E-state index is 12.8. The minimum atomic E-state index is 0.168. The van der Waals surface area contributed by atoms with Gasteiger partial charge in [0.1, 0.15) is 0 Å². The van der Waals surface area contributed by atoms with E-state index in [-0.39, 0.29) is 5.92 Å². The van der Waals surface area contributed by atoms with Crippen LogP contribution in [0.15, 0.2) is 30.3 Å². The van der Waals surface area contributed by atoms with E-state index in [1.165, 1.54) is 5.56 Å². The molecule has 1 aromatic carbocycles. The van der Waals surface area contributed by atoms with Crippen LogP contribution in [0.3, 0.4) is 0 Å². The SMILES string of the molecule is CCCC(CCC)C(=O)N(CCCN)Cc1ccccc1. The van der Waals surface area contributed by atoms with Gasteiger partial charge in [0.05, 0.1) is 0 Å². The molecule has 1 amide bonds. The molecule has 0 aromatic heterocycles. The summed E-state index contributed by atoms with van der Waals surface area (Å²) in [5.41, 5.74) is 6.82. The molecule has 1 aromatic rings. The van der Waals surface area contributed by atoms with Crippen LogP contribution in [0.1, 0.15) is 51.5 Å². The van der Waals surface area contributed by atoms with E-state index in [0.29, 0.717) is 19.0 Å². The zero-order valence-corrected chi connectivity index (χ0v) is 13.6. The predicted molar refractivity (Wildman–Crippen MR) is 88.8 cm³/mol. The third-order valence-corrected chi connectivity index (χ3v) is 3.78. The van der Waals surface area contributed by atoms with E-state index in [0.717, 1.165) is 38.6 Å². The Bertz CT molecular complexity index is 385. The highest BCUT2D eigenvalue weighted by atomic mass is 16.2. The quantitative estimate of drug-likeness (QED) is 0.716. The highest BCUT2D eigenvalue weighted by Crippen LogP contribution is 2.18. The summed E-state index contributed by atoms with van der Waals surface area (Å²) < 4.78 is 0. The van der Waals surface area contributed by atoms with Crippen molar-refractivity contribution in [2.24, 2.45) is 11.7 Å². The molecule has 0 aliphatic rings. The van der Waals surface area contributed by atoms with Gasteiger partial charge in [0.2, 0.25) is 5.91 Å². The van der Waals surface area contributed by atoms with E-state index in [1.807, 2.05) is 23.1 Å². The molecule has 1 rings (SSSR count). The van der Waals surface area contributed by atoms with Gasteiger partial charge in [-0.05, 0) is 31.4 Å². The molecule has 2 N–H and O–H groups in total. The van der Waals surface area contributed by atoms with Crippen LogP contribution in [0, 0.1) is 5.92 Å². The topological polar surface area (TPSA) is 46.3 Å². The number of carbonyl (C=O) groups excluding carboxylic acids is 1. The number of nitrogens with two attached hydrogens (primary N) is 1. The lowest BCUT2D eigenvalue weighted by Crippen LogP contribution is -2.37. The summed E-state index contributed by atoms with van der Waals surface area (Å²) in [6.07, 6.45) is 4.96. The normalized spacial score (nSPS) is 10.9. The van der Waals surface area contributed by atoms with Crippen LogP contribution in [-0.4, -0.2) is 23.9 Å². The fourth-order valence-electron chi connectivity index (χ4n) is 2.70. The Hall–Kier alpha value is -1.35. The van der Waals surface area contributed by atoms with Crippen LogP contribution < -0.4 is 5.73 Å². The van der Waals surface area contributed by atoms with E-state index in [9.17, 15) is 4.79 Å². The van der Waals surface area contributed by atoms with Crippen molar-refractivity contribution in [1.82, 2.24) is 4.90 Å². The number of rotatable bonds is 10. The molecule has 21 heavy (non-hydrogen) atoms. The lowest BCUT2D eigenvalue weighted by Gasteiger charge is -2.27. The van der Waals surface area contributed by atoms with Crippen LogP contribution in [0.2, 0.25) is 0 Å². The van der Waals surface area contributed by atoms with Crippen molar-refractivity contribution < 1.29 is 4.79 Å². The van der Waals surface area contributed by atoms with Crippen LogP contribution >= 0.6 is 0 Å². The van der Waals surface area contributed by atoms with Crippen LogP contribution in [-0.2, 0) is 11.3 Å². The minimum absolute atomic E-state index is 0.168. The van der Waals surface area contributed by atoms with Gasteiger partial charge < -0.3 is 10.6 Å². The van der Waals surface area contributed by atoms with Crippen molar-refractivity contribution >= 4 is 5.91 Å². The Labute approximate surface area is 129 Å². The first-order valence-electron chi connectivity index (χ1n) is 8.25. The molecule has 0 heterocycles. The molecule has 0 aliphatic heterocycles. The Morgan fingerprint density at radius 3 is 2.29 bits per heavy atom. The minimum Gasteiger partial charge on any atom is -0.338 e. The van der Waals surface area contributed by atoms with Crippen molar-refractivity contribution in [3.63, 3.8) is 0 Å². The second-order valence-corrected chi connectivity index (χ2v) is 5.66. The molecule has 3 nitrogen and oxygen atoms in total. The number of carbonyl (C=O) groups is 1. The maximum absolute atomic E-state index is 12.8. The number of hydrogen-bond donors (Lipinski definition) is 1. The van der Waals surface area contributed by atoms with E-state index < -0.39 is 0 Å². The summed E-state index contributed by atoms with van der Waals surface area (Å²) in [6.45, 7) is 6.39. The Balaban J connectivity index is 2.76. The lowest BCUT2D eigenvalue weighted by atomic mass is 9.96. The Morgan fingerprint density at radius 1 is 1.14 bits per heavy atom. The second-order valence-electron chi connectivity index (χ2n) is 5.66. The average molecular weight is 290 g/mol. The zero-order chi connectivity index (χ0) is 15.5. The molecule has 0 bridgehead atoms. The highest BCUT2D eigenvalue weighted by Gasteiger charge is 2.22. The summed E-state index contributed by atoms with van der Waals surface area (Å²) in [7, 11) is 0. The standard InChI is InChI=1S/C18H30N2O/c1-3-9-17(10-4-2)18(21)20(14-8-13-19)15-16-11-6-5-7-12-16/h5-7,11-12,17H,3-4,8-10,13-15,19H2,1-2H3. The Morgan fingerprint density at radius 2 is 1.76 bits per heavy atom. The van der Waals surface area contributed by atoms with Crippen molar-refractivity contribution in [2.75, 3.05) is 13.1 Å². The van der Waals surface area contributed by atoms with Gasteiger partial charge >= 0.3 is 0 Å². The third-order valence-electron chi connectivity index (χ3n) is 3.78. The van der Waals surface area contributed by atoms with Crippen LogP contribution in [0.5, 0.6) is 0 Å². The lowest BCUT2D eigenvalue weighted by molar-refractivity contribution is -0.136. The van der Waals surface area contributed by atoms with Gasteiger partial charge in [0.15, 0.2) is 0 Å². The van der Waals surface area contributed by atoms with Crippen LogP contribution in [0.25, 0.3) is 0 Å². The van der Waals surface area contributed by atoms with E-state index >= 15 is 0 Å². The van der Waals surface area contributed by atoms with Gasteiger partial charge in [-0.3, -0.25) is 4.79 Å². The van der Waals surface area contributed by atoms with E-state index in [1.54, 1.807) is 0 Å². The van der Waals surface area contributed by atoms with Gasteiger partial charge in [-0.25, -0.2) is 0 Å². The number of benzene rings is 1. The highest BCUT2D eigenvalue weighted by molar-refractivity contribution is 5.78. The van der Waals surface area contributed by atoms with E-state index in [4.69, 9.17) is 5.73 Å². The molecule has 0 aliphatic carbocycles. The molecule has 0 spiro atoms. The molecule has 0 atom stereocenters. The molecule has 0 fully saturated rings. The fraction of sp³-hybridized carbons (Fsp3) is 0.611. The summed E-state index contributed by atoms with van der Waals surface area (Å²) >= 11 is 0.